The van der Waals surface area contributed by atoms with Gasteiger partial charge in [0.15, 0.2) is 0 Å². The van der Waals surface area contributed by atoms with E-state index < -0.39 is 0 Å². The number of carbonyl (C=O) groups is 1. The van der Waals surface area contributed by atoms with Crippen LogP contribution in [0.3, 0.4) is 0 Å². The van der Waals surface area contributed by atoms with Crippen LogP contribution in [0.4, 0.5) is 0 Å². The number of aryl methyl sites for hydroxylation is 2. The van der Waals surface area contributed by atoms with Crippen molar-refractivity contribution >= 4 is 5.91 Å². The third-order valence-corrected chi connectivity index (χ3v) is 5.22. The lowest BCUT2D eigenvalue weighted by Crippen LogP contribution is -2.48. The van der Waals surface area contributed by atoms with E-state index in [-0.39, 0.29) is 18.1 Å². The summed E-state index contributed by atoms with van der Waals surface area (Å²) in [4.78, 5) is 23.4. The van der Waals surface area contributed by atoms with Crippen LogP contribution in [-0.2, 0) is 22.6 Å². The maximum Gasteiger partial charge on any atom is 0.252 e. The minimum Gasteiger partial charge on any atom is -0.474 e. The summed E-state index contributed by atoms with van der Waals surface area (Å²) in [5.41, 5.74) is 3.30. The molecule has 142 valence electrons. The van der Waals surface area contributed by atoms with Crippen molar-refractivity contribution < 1.29 is 14.3 Å². The molecule has 0 N–H and O–H groups in total. The van der Waals surface area contributed by atoms with Gasteiger partial charge in [0.05, 0.1) is 6.61 Å². The molecular weight excluding hydrogens is 342 g/mol. The fourth-order valence-electron chi connectivity index (χ4n) is 3.82. The van der Waals surface area contributed by atoms with Gasteiger partial charge in [0.1, 0.15) is 18.0 Å². The van der Waals surface area contributed by atoms with Gasteiger partial charge in [-0.25, -0.2) is 4.98 Å². The van der Waals surface area contributed by atoms with Crippen molar-refractivity contribution in [1.82, 2.24) is 14.9 Å². The van der Waals surface area contributed by atoms with Crippen LogP contribution in [0, 0.1) is 13.8 Å². The topological polar surface area (TPSA) is 64.5 Å². The van der Waals surface area contributed by atoms with Crippen LogP contribution >= 0.6 is 0 Å². The zero-order valence-electron chi connectivity index (χ0n) is 15.9. The van der Waals surface area contributed by atoms with Gasteiger partial charge < -0.3 is 14.4 Å². The Bertz CT molecular complexity index is 811. The second-order valence-electron chi connectivity index (χ2n) is 7.31. The summed E-state index contributed by atoms with van der Waals surface area (Å²) in [7, 11) is 0. The molecule has 1 fully saturated rings. The molecule has 1 aromatic carbocycles. The molecule has 4 rings (SSSR count). The number of ether oxygens (including phenoxy) is 2. The van der Waals surface area contributed by atoms with Gasteiger partial charge in [0.2, 0.25) is 5.88 Å². The highest BCUT2D eigenvalue weighted by atomic mass is 16.5. The molecule has 1 aromatic heterocycles. The van der Waals surface area contributed by atoms with Crippen LogP contribution < -0.4 is 4.74 Å². The number of hydrogen-bond acceptors (Lipinski definition) is 5. The molecule has 1 amide bonds. The Kier molecular flexibility index (Phi) is 5.07. The summed E-state index contributed by atoms with van der Waals surface area (Å²) in [6.07, 6.45) is 1.97. The number of hydrogen-bond donors (Lipinski definition) is 0. The number of amides is 1. The number of piperidine rings is 1. The predicted molar refractivity (Wildman–Crippen MR) is 100 cm³/mol. The molecule has 3 heterocycles. The number of nitrogens with zero attached hydrogens (tertiary/aromatic N) is 3. The second-order valence-corrected chi connectivity index (χ2v) is 7.31. The highest BCUT2D eigenvalue weighted by Crippen LogP contribution is 2.24. The van der Waals surface area contributed by atoms with Crippen LogP contribution in [0.2, 0.25) is 0 Å². The lowest BCUT2D eigenvalue weighted by molar-refractivity contribution is -0.147. The largest absolute Gasteiger partial charge is 0.474 e. The van der Waals surface area contributed by atoms with Crippen molar-refractivity contribution in [2.24, 2.45) is 0 Å². The van der Waals surface area contributed by atoms with Crippen molar-refractivity contribution in [3.05, 3.63) is 53.0 Å². The van der Waals surface area contributed by atoms with Gasteiger partial charge in [-0.15, -0.1) is 0 Å². The Balaban J connectivity index is 1.32. The molecule has 0 aliphatic carbocycles. The number of benzene rings is 1. The van der Waals surface area contributed by atoms with Gasteiger partial charge in [0, 0.05) is 44.1 Å². The van der Waals surface area contributed by atoms with E-state index in [4.69, 9.17) is 9.47 Å². The van der Waals surface area contributed by atoms with Crippen LogP contribution in [0.15, 0.2) is 30.3 Å². The number of fused-ring (bicyclic) bond motifs is 1. The molecule has 2 aromatic rings. The summed E-state index contributed by atoms with van der Waals surface area (Å²) >= 11 is 0. The van der Waals surface area contributed by atoms with E-state index in [1.807, 2.05) is 36.9 Å². The Morgan fingerprint density at radius 1 is 1.15 bits per heavy atom. The minimum absolute atomic E-state index is 0.0794. The average Bonchev–Trinajstić information content (AvgIpc) is 2.67. The first-order valence-electron chi connectivity index (χ1n) is 9.54. The second kappa shape index (κ2) is 7.64. The molecule has 0 bridgehead atoms. The van der Waals surface area contributed by atoms with Crippen LogP contribution in [0.1, 0.15) is 35.5 Å². The number of carbonyl (C=O) groups excluding carboxylic acids is 1. The Morgan fingerprint density at radius 2 is 1.89 bits per heavy atom. The highest BCUT2D eigenvalue weighted by molar-refractivity contribution is 5.81. The molecule has 1 atom stereocenters. The SMILES string of the molecule is Cc1cc(OC2CCN(C(=O)[C@@H]3Cc4ccccc4CO3)CC2)nc(C)n1. The summed E-state index contributed by atoms with van der Waals surface area (Å²) in [6, 6.07) is 10.0. The molecule has 0 unspecified atom stereocenters. The fourth-order valence-corrected chi connectivity index (χ4v) is 3.82. The van der Waals surface area contributed by atoms with E-state index in [0.29, 0.717) is 37.8 Å². The third kappa shape index (κ3) is 4.11. The number of likely N-dealkylation sites (tertiary alicyclic amines) is 1. The van der Waals surface area contributed by atoms with Gasteiger partial charge in [-0.05, 0) is 25.0 Å². The Morgan fingerprint density at radius 3 is 2.63 bits per heavy atom. The normalized spacial score (nSPS) is 20.2. The van der Waals surface area contributed by atoms with Gasteiger partial charge in [-0.2, -0.15) is 4.98 Å². The smallest absolute Gasteiger partial charge is 0.252 e. The standard InChI is InChI=1S/C21H25N3O3/c1-14-11-20(23-15(2)22-14)27-18-7-9-24(10-8-18)21(25)19-12-16-5-3-4-6-17(16)13-26-19/h3-6,11,18-19H,7-10,12-13H2,1-2H3/t19-/m0/s1. The number of rotatable bonds is 3. The van der Waals surface area contributed by atoms with Crippen molar-refractivity contribution in [3.8, 4) is 5.88 Å². The predicted octanol–water partition coefficient (Wildman–Crippen LogP) is 2.60. The van der Waals surface area contributed by atoms with Crippen molar-refractivity contribution in [2.45, 2.75) is 51.9 Å². The van der Waals surface area contributed by atoms with Crippen molar-refractivity contribution in [3.63, 3.8) is 0 Å². The average molecular weight is 367 g/mol. The molecule has 6 heteroatoms. The van der Waals surface area contributed by atoms with Gasteiger partial charge >= 0.3 is 0 Å². The van der Waals surface area contributed by atoms with Crippen LogP contribution in [0.25, 0.3) is 0 Å². The summed E-state index contributed by atoms with van der Waals surface area (Å²) in [6.45, 7) is 5.69. The maximum atomic E-state index is 12.9. The molecule has 0 spiro atoms. The lowest BCUT2D eigenvalue weighted by Gasteiger charge is -2.35. The minimum atomic E-state index is -0.371. The van der Waals surface area contributed by atoms with Crippen LogP contribution in [-0.4, -0.2) is 46.1 Å². The first kappa shape index (κ1) is 17.9. The molecule has 27 heavy (non-hydrogen) atoms. The van der Waals surface area contributed by atoms with Crippen molar-refractivity contribution in [1.29, 1.82) is 0 Å². The van der Waals surface area contributed by atoms with Gasteiger partial charge in [-0.3, -0.25) is 4.79 Å². The Hall–Kier alpha value is -2.47. The molecule has 2 aliphatic rings. The molecule has 2 aliphatic heterocycles. The molecule has 1 saturated heterocycles. The third-order valence-electron chi connectivity index (χ3n) is 5.22. The van der Waals surface area contributed by atoms with E-state index in [0.717, 1.165) is 18.5 Å². The molecule has 6 nitrogen and oxygen atoms in total. The summed E-state index contributed by atoms with van der Waals surface area (Å²) in [5, 5.41) is 0. The van der Waals surface area contributed by atoms with Crippen molar-refractivity contribution in [2.75, 3.05) is 13.1 Å². The zero-order valence-corrected chi connectivity index (χ0v) is 15.9. The number of aromatic nitrogens is 2. The fraction of sp³-hybridized carbons (Fsp3) is 0.476. The van der Waals surface area contributed by atoms with Gasteiger partial charge in [0.25, 0.3) is 5.91 Å². The summed E-state index contributed by atoms with van der Waals surface area (Å²) < 4.78 is 11.8. The zero-order chi connectivity index (χ0) is 18.8. The highest BCUT2D eigenvalue weighted by Gasteiger charge is 2.32. The molecular formula is C21H25N3O3. The van der Waals surface area contributed by atoms with E-state index in [2.05, 4.69) is 22.1 Å². The summed E-state index contributed by atoms with van der Waals surface area (Å²) in [5.74, 6) is 1.43. The van der Waals surface area contributed by atoms with Gasteiger partial charge in [-0.1, -0.05) is 24.3 Å². The molecule has 0 saturated carbocycles. The first-order chi connectivity index (χ1) is 13.1. The van der Waals surface area contributed by atoms with Crippen LogP contribution in [0.5, 0.6) is 5.88 Å². The van der Waals surface area contributed by atoms with E-state index in [9.17, 15) is 4.79 Å². The molecule has 0 radical (unpaired) electrons. The lowest BCUT2D eigenvalue weighted by atomic mass is 9.98. The monoisotopic (exact) mass is 367 g/mol. The van der Waals surface area contributed by atoms with E-state index in [1.165, 1.54) is 11.1 Å². The Labute approximate surface area is 159 Å². The quantitative estimate of drug-likeness (QED) is 0.834. The maximum absolute atomic E-state index is 12.9. The van der Waals surface area contributed by atoms with E-state index in [1.54, 1.807) is 0 Å². The van der Waals surface area contributed by atoms with E-state index >= 15 is 0 Å². The first-order valence-corrected chi connectivity index (χ1v) is 9.54.